The molecule has 0 aliphatic carbocycles. The topological polar surface area (TPSA) is 3.24 Å². The predicted octanol–water partition coefficient (Wildman–Crippen LogP) is 3.84. The second-order valence-electron chi connectivity index (χ2n) is 3.59. The Morgan fingerprint density at radius 3 is 2.39 bits per heavy atom. The normalized spacial score (nSPS) is 14.9. The van der Waals surface area contributed by atoms with Crippen molar-refractivity contribution in [3.63, 3.8) is 0 Å². The maximum absolute atomic E-state index is 13.6. The molecule has 2 rings (SSSR count). The zero-order valence-corrected chi connectivity index (χ0v) is 14.1. The van der Waals surface area contributed by atoms with E-state index in [2.05, 4.69) is 28.6 Å². The summed E-state index contributed by atoms with van der Waals surface area (Å²) < 4.78 is 28.0. The molecule has 1 aromatic rings. The third-order valence-electron chi connectivity index (χ3n) is 2.55. The first-order valence-electron chi connectivity index (χ1n) is 4.89. The van der Waals surface area contributed by atoms with E-state index in [0.29, 0.717) is 11.4 Å². The van der Waals surface area contributed by atoms with Crippen LogP contribution in [0.2, 0.25) is 0 Å². The summed E-state index contributed by atoms with van der Waals surface area (Å²) in [6, 6.07) is 3.77. The molecule has 0 amide bonds. The largest absolute Gasteiger partial charge is 0.377 e. The summed E-state index contributed by atoms with van der Waals surface area (Å²) >= 11 is 3.29. The standard InChI is InChI=1S/C13H9BrF2N.Y/c1-8-9(14)6-7-12(17(8)2)13-10(15)4-3-5-11(13)16;/h3-6H,1H2,2H3;/q-1;. The van der Waals surface area contributed by atoms with Gasteiger partial charge in [-0.25, -0.2) is 8.78 Å². The van der Waals surface area contributed by atoms with Crippen molar-refractivity contribution in [1.29, 1.82) is 0 Å². The van der Waals surface area contributed by atoms with Crippen LogP contribution in [-0.4, -0.2) is 11.9 Å². The molecule has 0 fully saturated rings. The van der Waals surface area contributed by atoms with Crippen LogP contribution in [0, 0.1) is 17.7 Å². The van der Waals surface area contributed by atoms with Gasteiger partial charge in [-0.1, -0.05) is 22.8 Å². The number of rotatable bonds is 1. The molecule has 1 heterocycles. The fraction of sp³-hybridized carbons (Fsp3) is 0.0769. The summed E-state index contributed by atoms with van der Waals surface area (Å²) in [4.78, 5) is 1.59. The number of halogens is 3. The van der Waals surface area contributed by atoms with E-state index in [1.165, 1.54) is 18.2 Å². The first-order valence-corrected chi connectivity index (χ1v) is 5.68. The molecular weight excluding hydrogens is 377 g/mol. The Morgan fingerprint density at radius 2 is 1.83 bits per heavy atom. The van der Waals surface area contributed by atoms with Crippen LogP contribution in [0.5, 0.6) is 0 Å². The number of hydrogen-bond donors (Lipinski definition) is 0. The molecule has 0 aromatic heterocycles. The summed E-state index contributed by atoms with van der Waals surface area (Å²) in [5.41, 5.74) is 0.864. The summed E-state index contributed by atoms with van der Waals surface area (Å²) in [6.45, 7) is 3.82. The van der Waals surface area contributed by atoms with E-state index in [9.17, 15) is 8.78 Å². The van der Waals surface area contributed by atoms with Crippen LogP contribution in [-0.2, 0) is 32.7 Å². The van der Waals surface area contributed by atoms with Crippen LogP contribution >= 0.6 is 15.9 Å². The number of allylic oxidation sites excluding steroid dienone is 3. The minimum atomic E-state index is -0.612. The molecule has 0 saturated carbocycles. The Kier molecular flexibility index (Phi) is 5.44. The third-order valence-corrected chi connectivity index (χ3v) is 3.24. The van der Waals surface area contributed by atoms with Gasteiger partial charge in [0.2, 0.25) is 0 Å². The van der Waals surface area contributed by atoms with E-state index in [4.69, 9.17) is 0 Å². The van der Waals surface area contributed by atoms with Crippen LogP contribution in [0.1, 0.15) is 5.56 Å². The number of hydrogen-bond acceptors (Lipinski definition) is 1. The van der Waals surface area contributed by atoms with E-state index in [-0.39, 0.29) is 38.3 Å². The van der Waals surface area contributed by atoms with E-state index in [1.807, 2.05) is 0 Å². The molecule has 0 N–H and O–H groups in total. The Bertz CT molecular complexity index is 532. The van der Waals surface area contributed by atoms with Gasteiger partial charge in [0.25, 0.3) is 0 Å². The van der Waals surface area contributed by atoms with Gasteiger partial charge >= 0.3 is 0 Å². The van der Waals surface area contributed by atoms with Crippen LogP contribution < -0.4 is 0 Å². The monoisotopic (exact) mass is 385 g/mol. The molecule has 0 saturated heterocycles. The third kappa shape index (κ3) is 2.81. The van der Waals surface area contributed by atoms with Crippen molar-refractivity contribution in [2.75, 3.05) is 7.05 Å². The second kappa shape index (κ2) is 6.22. The molecule has 1 aliphatic rings. The smallest absolute Gasteiger partial charge is 0.0809 e. The van der Waals surface area contributed by atoms with Gasteiger partial charge in [-0.3, -0.25) is 0 Å². The second-order valence-corrected chi connectivity index (χ2v) is 4.44. The van der Waals surface area contributed by atoms with Gasteiger partial charge in [0, 0.05) is 39.8 Å². The molecule has 0 bridgehead atoms. The van der Waals surface area contributed by atoms with Gasteiger partial charge in [-0.05, 0) is 23.4 Å². The fourth-order valence-electron chi connectivity index (χ4n) is 1.57. The number of likely N-dealkylation sites (N-methyl/N-ethyl adjacent to an activating group) is 1. The quantitative estimate of drug-likeness (QED) is 0.664. The molecule has 0 atom stereocenters. The van der Waals surface area contributed by atoms with Gasteiger partial charge in [0.05, 0.1) is 11.6 Å². The maximum atomic E-state index is 13.6. The Labute approximate surface area is 138 Å². The van der Waals surface area contributed by atoms with Crippen molar-refractivity contribution in [3.05, 3.63) is 64.3 Å². The van der Waals surface area contributed by atoms with E-state index in [0.717, 1.165) is 4.48 Å². The van der Waals surface area contributed by atoms with E-state index >= 15 is 0 Å². The SMILES string of the molecule is C=C1C(Br)=C[C-]=C(c2c(F)cccc2F)N1C.[Y]. The van der Waals surface area contributed by atoms with Crippen molar-refractivity contribution in [3.8, 4) is 0 Å². The van der Waals surface area contributed by atoms with Crippen LogP contribution in [0.4, 0.5) is 8.78 Å². The molecule has 91 valence electrons. The Hall–Kier alpha value is -0.316. The molecule has 1 aromatic carbocycles. The summed E-state index contributed by atoms with van der Waals surface area (Å²) in [6.07, 6.45) is 4.44. The molecule has 1 nitrogen and oxygen atoms in total. The van der Waals surface area contributed by atoms with Crippen molar-refractivity contribution in [2.45, 2.75) is 0 Å². The van der Waals surface area contributed by atoms with Crippen LogP contribution in [0.25, 0.3) is 5.70 Å². The van der Waals surface area contributed by atoms with Crippen molar-refractivity contribution in [2.24, 2.45) is 0 Å². The summed E-state index contributed by atoms with van der Waals surface area (Å²) in [7, 11) is 1.69. The van der Waals surface area contributed by atoms with Gasteiger partial charge < -0.3 is 4.90 Å². The maximum Gasteiger partial charge on any atom is 0.0809 e. The minimum Gasteiger partial charge on any atom is -0.377 e. The van der Waals surface area contributed by atoms with Crippen molar-refractivity contribution < 1.29 is 41.5 Å². The Balaban J connectivity index is 0.00000162. The van der Waals surface area contributed by atoms with Crippen LogP contribution in [0.3, 0.4) is 0 Å². The number of nitrogens with zero attached hydrogens (tertiary/aromatic N) is 1. The molecule has 1 aliphatic heterocycles. The Morgan fingerprint density at radius 1 is 1.28 bits per heavy atom. The van der Waals surface area contributed by atoms with Gasteiger partial charge in [-0.15, -0.1) is 15.9 Å². The average Bonchev–Trinajstić information content (AvgIpc) is 2.29. The van der Waals surface area contributed by atoms with E-state index in [1.54, 1.807) is 18.0 Å². The molecule has 18 heavy (non-hydrogen) atoms. The first kappa shape index (κ1) is 15.7. The predicted molar refractivity (Wildman–Crippen MR) is 66.9 cm³/mol. The fourth-order valence-corrected chi connectivity index (χ4v) is 1.95. The van der Waals surface area contributed by atoms with Crippen molar-refractivity contribution in [1.82, 2.24) is 4.90 Å². The van der Waals surface area contributed by atoms with Gasteiger partial charge in [-0.2, -0.15) is 12.2 Å². The minimum absolute atomic E-state index is 0. The van der Waals surface area contributed by atoms with E-state index < -0.39 is 11.6 Å². The molecule has 0 spiro atoms. The van der Waals surface area contributed by atoms with Gasteiger partial charge in [0.15, 0.2) is 0 Å². The molecule has 5 heteroatoms. The number of benzene rings is 1. The first-order chi connectivity index (χ1) is 8.02. The zero-order valence-electron chi connectivity index (χ0n) is 9.67. The summed E-state index contributed by atoms with van der Waals surface area (Å²) in [5.74, 6) is -1.22. The zero-order chi connectivity index (χ0) is 12.6. The van der Waals surface area contributed by atoms with Crippen molar-refractivity contribution >= 4 is 21.6 Å². The molecule has 1 radical (unpaired) electrons. The molecule has 0 unspecified atom stereocenters. The van der Waals surface area contributed by atoms with Crippen LogP contribution in [0.15, 0.2) is 41.0 Å². The summed E-state index contributed by atoms with van der Waals surface area (Å²) in [5, 5.41) is 0. The average molecular weight is 386 g/mol. The molecular formula is C13H9BrF2NY-. The van der Waals surface area contributed by atoms with Gasteiger partial charge in [0.1, 0.15) is 0 Å².